The molecule has 0 aliphatic carbocycles. The van der Waals surface area contributed by atoms with Gasteiger partial charge in [0.1, 0.15) is 5.75 Å². The summed E-state index contributed by atoms with van der Waals surface area (Å²) in [5.74, 6) is 1.55. The Morgan fingerprint density at radius 3 is 2.61 bits per heavy atom. The predicted octanol–water partition coefficient (Wildman–Crippen LogP) is 3.49. The van der Waals surface area contributed by atoms with Gasteiger partial charge in [0, 0.05) is 32.7 Å². The third kappa shape index (κ3) is 7.75. The molecule has 2 aromatic carbocycles. The fourth-order valence-corrected chi connectivity index (χ4v) is 2.79. The van der Waals surface area contributed by atoms with Crippen molar-refractivity contribution >= 4 is 41.5 Å². The molecule has 0 aliphatic heterocycles. The number of benzene rings is 2. The van der Waals surface area contributed by atoms with Crippen molar-refractivity contribution in [2.24, 2.45) is 4.99 Å². The number of carbonyl (C=O) groups is 1. The van der Waals surface area contributed by atoms with Gasteiger partial charge in [-0.3, -0.25) is 9.79 Å². The highest BCUT2D eigenvalue weighted by molar-refractivity contribution is 14.0. The Hall–Kier alpha value is -2.29. The van der Waals surface area contributed by atoms with Crippen LogP contribution in [0.25, 0.3) is 0 Å². The number of nitrogens with one attached hydrogen (secondary N) is 3. The summed E-state index contributed by atoms with van der Waals surface area (Å²) < 4.78 is 5.42. The number of halogens is 1. The molecular weight excluding hydrogens is 467 g/mol. The molecule has 0 fully saturated rings. The number of ether oxygens (including phenoxy) is 1. The van der Waals surface area contributed by atoms with E-state index in [4.69, 9.17) is 4.74 Å². The molecule has 0 aromatic heterocycles. The topological polar surface area (TPSA) is 74.8 Å². The van der Waals surface area contributed by atoms with Gasteiger partial charge in [0.25, 0.3) is 0 Å². The van der Waals surface area contributed by atoms with Crippen molar-refractivity contribution in [2.75, 3.05) is 26.0 Å². The molecule has 0 saturated heterocycles. The van der Waals surface area contributed by atoms with Gasteiger partial charge in [0.15, 0.2) is 5.96 Å². The molecule has 152 valence electrons. The number of methoxy groups -OCH3 is 1. The normalized spacial score (nSPS) is 10.6. The lowest BCUT2D eigenvalue weighted by atomic mass is 10.1. The van der Waals surface area contributed by atoms with E-state index in [-0.39, 0.29) is 29.9 Å². The van der Waals surface area contributed by atoms with Crippen LogP contribution in [0.2, 0.25) is 0 Å². The van der Waals surface area contributed by atoms with E-state index < -0.39 is 0 Å². The molecule has 0 bridgehead atoms. The lowest BCUT2D eigenvalue weighted by Gasteiger charge is -2.14. The molecule has 2 rings (SSSR count). The molecule has 6 nitrogen and oxygen atoms in total. The maximum atomic E-state index is 11.2. The Bertz CT molecular complexity index is 809. The summed E-state index contributed by atoms with van der Waals surface area (Å²) in [5.41, 5.74) is 4.23. The van der Waals surface area contributed by atoms with Gasteiger partial charge in [-0.2, -0.15) is 0 Å². The van der Waals surface area contributed by atoms with Gasteiger partial charge in [0.05, 0.1) is 7.11 Å². The highest BCUT2D eigenvalue weighted by atomic mass is 127. The van der Waals surface area contributed by atoms with Crippen LogP contribution in [0.5, 0.6) is 5.75 Å². The van der Waals surface area contributed by atoms with Crippen LogP contribution in [0.4, 0.5) is 5.69 Å². The van der Waals surface area contributed by atoms with Gasteiger partial charge in [-0.1, -0.05) is 29.8 Å². The van der Waals surface area contributed by atoms with Crippen LogP contribution in [0, 0.1) is 6.92 Å². The van der Waals surface area contributed by atoms with E-state index in [9.17, 15) is 4.79 Å². The first-order valence-electron chi connectivity index (χ1n) is 8.96. The Labute approximate surface area is 184 Å². The average molecular weight is 496 g/mol. The van der Waals surface area contributed by atoms with Crippen molar-refractivity contribution in [1.29, 1.82) is 0 Å². The molecule has 0 aliphatic rings. The van der Waals surface area contributed by atoms with Gasteiger partial charge < -0.3 is 20.7 Å². The summed E-state index contributed by atoms with van der Waals surface area (Å²) in [7, 11) is 3.44. The number of guanidine groups is 1. The summed E-state index contributed by atoms with van der Waals surface area (Å²) in [6, 6.07) is 13.9. The van der Waals surface area contributed by atoms with Gasteiger partial charge in [-0.15, -0.1) is 24.0 Å². The van der Waals surface area contributed by atoms with E-state index in [2.05, 4.69) is 33.9 Å². The SMILES string of the molecule is CN=C(NCCc1cc(C)ccc1OC)NCc1cccc(NC(C)=O)c1.I. The zero-order valence-corrected chi connectivity index (χ0v) is 19.2. The molecule has 0 heterocycles. The standard InChI is InChI=1S/C21H28N4O2.HI/c1-15-8-9-20(27-4)18(12-15)10-11-23-21(22-3)24-14-17-6-5-7-19(13-17)25-16(2)26;/h5-9,12-13H,10-11,14H2,1-4H3,(H,25,26)(H2,22,23,24);1H. The zero-order valence-electron chi connectivity index (χ0n) is 16.8. The molecule has 0 unspecified atom stereocenters. The van der Waals surface area contributed by atoms with Crippen molar-refractivity contribution in [3.8, 4) is 5.75 Å². The summed E-state index contributed by atoms with van der Waals surface area (Å²) in [5, 5.41) is 9.40. The van der Waals surface area contributed by atoms with Gasteiger partial charge >= 0.3 is 0 Å². The zero-order chi connectivity index (χ0) is 19.6. The lowest BCUT2D eigenvalue weighted by molar-refractivity contribution is -0.114. The van der Waals surface area contributed by atoms with Crippen molar-refractivity contribution < 1.29 is 9.53 Å². The van der Waals surface area contributed by atoms with Gasteiger partial charge in [-0.05, 0) is 42.7 Å². The molecule has 0 saturated carbocycles. The monoisotopic (exact) mass is 496 g/mol. The molecular formula is C21H29IN4O2. The maximum absolute atomic E-state index is 11.2. The fraction of sp³-hybridized carbons (Fsp3) is 0.333. The molecule has 0 radical (unpaired) electrons. The second-order valence-electron chi connectivity index (χ2n) is 6.30. The van der Waals surface area contributed by atoms with Crippen LogP contribution in [0.1, 0.15) is 23.6 Å². The predicted molar refractivity (Wildman–Crippen MR) is 126 cm³/mol. The Morgan fingerprint density at radius 2 is 1.93 bits per heavy atom. The third-order valence-electron chi connectivity index (χ3n) is 4.05. The third-order valence-corrected chi connectivity index (χ3v) is 4.05. The number of aryl methyl sites for hydroxylation is 1. The Balaban J connectivity index is 0.00000392. The first-order chi connectivity index (χ1) is 13.0. The van der Waals surface area contributed by atoms with Crippen molar-refractivity contribution in [3.63, 3.8) is 0 Å². The number of anilines is 1. The van der Waals surface area contributed by atoms with E-state index in [0.717, 1.165) is 35.9 Å². The average Bonchev–Trinajstić information content (AvgIpc) is 2.64. The minimum absolute atomic E-state index is 0. The number of amides is 1. The van der Waals surface area contributed by atoms with E-state index in [1.807, 2.05) is 36.4 Å². The summed E-state index contributed by atoms with van der Waals surface area (Å²) >= 11 is 0. The van der Waals surface area contributed by atoms with E-state index in [1.165, 1.54) is 18.1 Å². The minimum Gasteiger partial charge on any atom is -0.496 e. The summed E-state index contributed by atoms with van der Waals surface area (Å²) in [4.78, 5) is 15.4. The van der Waals surface area contributed by atoms with Crippen molar-refractivity contribution in [2.45, 2.75) is 26.8 Å². The molecule has 3 N–H and O–H groups in total. The molecule has 0 spiro atoms. The second kappa shape index (κ2) is 12.2. The minimum atomic E-state index is -0.0795. The number of hydrogen-bond donors (Lipinski definition) is 3. The van der Waals surface area contributed by atoms with Gasteiger partial charge in [0.2, 0.25) is 5.91 Å². The van der Waals surface area contributed by atoms with Gasteiger partial charge in [-0.25, -0.2) is 0 Å². The van der Waals surface area contributed by atoms with Crippen LogP contribution >= 0.6 is 24.0 Å². The summed E-state index contributed by atoms with van der Waals surface area (Å²) in [6.07, 6.45) is 0.837. The van der Waals surface area contributed by atoms with E-state index in [0.29, 0.717) is 6.54 Å². The second-order valence-corrected chi connectivity index (χ2v) is 6.30. The highest BCUT2D eigenvalue weighted by Crippen LogP contribution is 2.19. The maximum Gasteiger partial charge on any atom is 0.221 e. The molecule has 2 aromatic rings. The molecule has 7 heteroatoms. The lowest BCUT2D eigenvalue weighted by Crippen LogP contribution is -2.37. The van der Waals surface area contributed by atoms with Crippen LogP contribution in [0.3, 0.4) is 0 Å². The molecule has 0 atom stereocenters. The van der Waals surface area contributed by atoms with Crippen LogP contribution in [0.15, 0.2) is 47.5 Å². The van der Waals surface area contributed by atoms with Crippen molar-refractivity contribution in [1.82, 2.24) is 10.6 Å². The molecule has 28 heavy (non-hydrogen) atoms. The number of aliphatic imine (C=N–C) groups is 1. The van der Waals surface area contributed by atoms with Crippen LogP contribution in [-0.2, 0) is 17.8 Å². The highest BCUT2D eigenvalue weighted by Gasteiger charge is 2.05. The number of rotatable bonds is 7. The largest absolute Gasteiger partial charge is 0.496 e. The Morgan fingerprint density at radius 1 is 1.14 bits per heavy atom. The van der Waals surface area contributed by atoms with Crippen LogP contribution < -0.4 is 20.7 Å². The van der Waals surface area contributed by atoms with E-state index in [1.54, 1.807) is 14.2 Å². The van der Waals surface area contributed by atoms with Crippen LogP contribution in [-0.4, -0.2) is 32.6 Å². The summed E-state index contributed by atoms with van der Waals surface area (Å²) in [6.45, 7) is 4.93. The smallest absolute Gasteiger partial charge is 0.221 e. The number of carbonyl (C=O) groups excluding carboxylic acids is 1. The molecule has 1 amide bonds. The first kappa shape index (κ1) is 23.7. The fourth-order valence-electron chi connectivity index (χ4n) is 2.79. The number of hydrogen-bond acceptors (Lipinski definition) is 3. The first-order valence-corrected chi connectivity index (χ1v) is 8.96. The quantitative estimate of drug-likeness (QED) is 0.312. The van der Waals surface area contributed by atoms with Crippen molar-refractivity contribution in [3.05, 3.63) is 59.2 Å². The number of nitrogens with zero attached hydrogens (tertiary/aromatic N) is 1. The Kier molecular flexibility index (Phi) is 10.4. The van der Waals surface area contributed by atoms with E-state index >= 15 is 0 Å².